The van der Waals surface area contributed by atoms with Gasteiger partial charge in [0.05, 0.1) is 10.4 Å². The van der Waals surface area contributed by atoms with Gasteiger partial charge in [-0.25, -0.2) is 0 Å². The van der Waals surface area contributed by atoms with Gasteiger partial charge in [-0.1, -0.05) is 24.3 Å². The average Bonchev–Trinajstić information content (AvgIpc) is 2.99. The number of pyridine rings is 1. The molecule has 2 aromatic heterocycles. The molecule has 0 aliphatic carbocycles. The van der Waals surface area contributed by atoms with E-state index in [4.69, 9.17) is 0 Å². The van der Waals surface area contributed by atoms with Crippen LogP contribution in [0.1, 0.15) is 15.2 Å². The van der Waals surface area contributed by atoms with Crippen molar-refractivity contribution >= 4 is 34.1 Å². The summed E-state index contributed by atoms with van der Waals surface area (Å²) in [4.78, 5) is 16.9. The lowest BCUT2D eigenvalue weighted by atomic mass is 10.1. The lowest BCUT2D eigenvalue weighted by Gasteiger charge is -1.98. The monoisotopic (exact) mass is 265 g/mol. The summed E-state index contributed by atoms with van der Waals surface area (Å²) in [6.45, 7) is 0. The van der Waals surface area contributed by atoms with Gasteiger partial charge in [-0.05, 0) is 41.3 Å². The third kappa shape index (κ3) is 2.61. The molecule has 0 fully saturated rings. The van der Waals surface area contributed by atoms with Gasteiger partial charge in [0.1, 0.15) is 0 Å². The molecule has 0 spiro atoms. The van der Waals surface area contributed by atoms with Crippen LogP contribution in [0.25, 0.3) is 17.0 Å². The van der Waals surface area contributed by atoms with Crippen molar-refractivity contribution in [1.29, 1.82) is 0 Å². The van der Waals surface area contributed by atoms with E-state index in [0.29, 0.717) is 0 Å². The molecule has 19 heavy (non-hydrogen) atoms. The molecule has 3 heteroatoms. The Balaban J connectivity index is 1.87. The fourth-order valence-corrected chi connectivity index (χ4v) is 2.52. The number of allylic oxidation sites excluding steroid dienone is 1. The number of carbonyl (C=O) groups is 1. The molecular formula is C16H11NOS. The number of fused-ring (bicyclic) bond motifs is 1. The van der Waals surface area contributed by atoms with E-state index in [9.17, 15) is 4.79 Å². The summed E-state index contributed by atoms with van der Waals surface area (Å²) in [6.07, 6.45) is 5.23. The number of ketones is 1. The number of carbonyl (C=O) groups excluding carboxylic acids is 1. The smallest absolute Gasteiger partial charge is 0.195 e. The number of nitrogens with zero attached hydrogens (tertiary/aromatic N) is 1. The number of hydrogen-bond acceptors (Lipinski definition) is 3. The zero-order valence-corrected chi connectivity index (χ0v) is 10.9. The Hall–Kier alpha value is -2.26. The fourth-order valence-electron chi connectivity index (χ4n) is 1.87. The maximum absolute atomic E-state index is 11.9. The minimum absolute atomic E-state index is 0.0429. The highest BCUT2D eigenvalue weighted by molar-refractivity contribution is 7.12. The summed E-state index contributed by atoms with van der Waals surface area (Å²) in [5.41, 5.74) is 1.97. The Morgan fingerprint density at radius 3 is 2.95 bits per heavy atom. The van der Waals surface area contributed by atoms with Crippen LogP contribution in [-0.4, -0.2) is 10.8 Å². The van der Waals surface area contributed by atoms with Crippen LogP contribution in [-0.2, 0) is 0 Å². The van der Waals surface area contributed by atoms with Gasteiger partial charge >= 0.3 is 0 Å². The molecule has 0 atom stereocenters. The molecule has 0 radical (unpaired) electrons. The number of thiophene rings is 1. The Kier molecular flexibility index (Phi) is 3.21. The molecule has 1 aromatic carbocycles. The van der Waals surface area contributed by atoms with E-state index in [2.05, 4.69) is 4.98 Å². The number of rotatable bonds is 3. The minimum atomic E-state index is 0.0429. The Morgan fingerprint density at radius 1 is 1.16 bits per heavy atom. The van der Waals surface area contributed by atoms with Crippen molar-refractivity contribution in [2.75, 3.05) is 0 Å². The molecule has 0 bridgehead atoms. The fraction of sp³-hybridized carbons (Fsp3) is 0. The molecule has 0 saturated carbocycles. The lowest BCUT2D eigenvalue weighted by Crippen LogP contribution is -1.88. The second kappa shape index (κ2) is 5.16. The summed E-state index contributed by atoms with van der Waals surface area (Å²) in [6, 6.07) is 13.6. The van der Waals surface area contributed by atoms with Crippen LogP contribution in [0.15, 0.2) is 60.1 Å². The van der Waals surface area contributed by atoms with E-state index in [-0.39, 0.29) is 5.78 Å². The minimum Gasteiger partial charge on any atom is -0.288 e. The molecule has 0 saturated heterocycles. The van der Waals surface area contributed by atoms with E-state index in [0.717, 1.165) is 21.3 Å². The molecule has 0 unspecified atom stereocenters. The maximum atomic E-state index is 11.9. The topological polar surface area (TPSA) is 30.0 Å². The highest BCUT2D eigenvalue weighted by Gasteiger charge is 2.01. The lowest BCUT2D eigenvalue weighted by molar-refractivity contribution is 0.105. The van der Waals surface area contributed by atoms with Gasteiger partial charge in [-0.3, -0.25) is 9.78 Å². The van der Waals surface area contributed by atoms with Crippen molar-refractivity contribution in [2.45, 2.75) is 0 Å². The van der Waals surface area contributed by atoms with Crippen molar-refractivity contribution in [3.8, 4) is 0 Å². The number of benzene rings is 1. The van der Waals surface area contributed by atoms with Gasteiger partial charge in [0, 0.05) is 11.6 Å². The summed E-state index contributed by atoms with van der Waals surface area (Å²) >= 11 is 1.46. The highest BCUT2D eigenvalue weighted by Crippen LogP contribution is 2.15. The molecule has 0 aliphatic heterocycles. The van der Waals surface area contributed by atoms with Gasteiger partial charge in [0.25, 0.3) is 0 Å². The Bertz CT molecular complexity index is 744. The predicted octanol–water partition coefficient (Wildman–Crippen LogP) is 4.19. The summed E-state index contributed by atoms with van der Waals surface area (Å²) in [7, 11) is 0. The van der Waals surface area contributed by atoms with Gasteiger partial charge in [0.2, 0.25) is 0 Å². The van der Waals surface area contributed by atoms with Crippen LogP contribution in [0.4, 0.5) is 0 Å². The summed E-state index contributed by atoms with van der Waals surface area (Å²) in [5.74, 6) is 0.0429. The van der Waals surface area contributed by atoms with Gasteiger partial charge < -0.3 is 0 Å². The first-order chi connectivity index (χ1) is 9.33. The van der Waals surface area contributed by atoms with E-state index in [1.165, 1.54) is 11.3 Å². The first-order valence-corrected chi connectivity index (χ1v) is 6.81. The quantitative estimate of drug-likeness (QED) is 0.525. The van der Waals surface area contributed by atoms with Crippen molar-refractivity contribution in [3.05, 3.63) is 70.6 Å². The van der Waals surface area contributed by atoms with Crippen LogP contribution < -0.4 is 0 Å². The summed E-state index contributed by atoms with van der Waals surface area (Å²) < 4.78 is 0. The standard InChI is InChI=1S/C16H11NOS/c18-15(16-4-2-10-19-16)8-6-12-5-7-14-13(11-12)3-1-9-17-14/h1-11H. The van der Waals surface area contributed by atoms with Crippen molar-refractivity contribution in [2.24, 2.45) is 0 Å². The normalized spacial score (nSPS) is 11.2. The number of aromatic nitrogens is 1. The largest absolute Gasteiger partial charge is 0.288 e. The van der Waals surface area contributed by atoms with Crippen LogP contribution >= 0.6 is 11.3 Å². The van der Waals surface area contributed by atoms with Crippen molar-refractivity contribution in [3.63, 3.8) is 0 Å². The first kappa shape index (κ1) is 11.8. The SMILES string of the molecule is O=C(C=Cc1ccc2ncccc2c1)c1cccs1. The van der Waals surface area contributed by atoms with Crippen LogP contribution in [0.5, 0.6) is 0 Å². The summed E-state index contributed by atoms with van der Waals surface area (Å²) in [5, 5.41) is 2.98. The molecule has 2 nitrogen and oxygen atoms in total. The Morgan fingerprint density at radius 2 is 2.11 bits per heavy atom. The van der Waals surface area contributed by atoms with Crippen LogP contribution in [0, 0.1) is 0 Å². The van der Waals surface area contributed by atoms with Gasteiger partial charge in [-0.15, -0.1) is 11.3 Å². The molecular weight excluding hydrogens is 254 g/mol. The molecule has 0 amide bonds. The molecule has 0 N–H and O–H groups in total. The van der Waals surface area contributed by atoms with Gasteiger partial charge in [-0.2, -0.15) is 0 Å². The van der Waals surface area contributed by atoms with Gasteiger partial charge in [0.15, 0.2) is 5.78 Å². The van der Waals surface area contributed by atoms with E-state index in [1.54, 1.807) is 12.3 Å². The van der Waals surface area contributed by atoms with Crippen molar-refractivity contribution < 1.29 is 4.79 Å². The second-order valence-electron chi connectivity index (χ2n) is 4.13. The zero-order valence-electron chi connectivity index (χ0n) is 10.1. The first-order valence-electron chi connectivity index (χ1n) is 5.94. The molecule has 3 aromatic rings. The molecule has 3 rings (SSSR count). The van der Waals surface area contributed by atoms with Crippen LogP contribution in [0.2, 0.25) is 0 Å². The Labute approximate surface area is 115 Å². The van der Waals surface area contributed by atoms with Crippen LogP contribution in [0.3, 0.4) is 0 Å². The average molecular weight is 265 g/mol. The third-order valence-corrected chi connectivity index (χ3v) is 3.70. The molecule has 0 aliphatic rings. The van der Waals surface area contributed by atoms with E-state index >= 15 is 0 Å². The van der Waals surface area contributed by atoms with Crippen molar-refractivity contribution in [1.82, 2.24) is 4.98 Å². The highest BCUT2D eigenvalue weighted by atomic mass is 32.1. The second-order valence-corrected chi connectivity index (χ2v) is 5.08. The van der Waals surface area contributed by atoms with E-state index in [1.807, 2.05) is 53.9 Å². The predicted molar refractivity (Wildman–Crippen MR) is 79.4 cm³/mol. The third-order valence-electron chi connectivity index (χ3n) is 2.82. The zero-order chi connectivity index (χ0) is 13.1. The maximum Gasteiger partial charge on any atom is 0.195 e. The number of hydrogen-bond donors (Lipinski definition) is 0. The molecule has 2 heterocycles. The molecule has 92 valence electrons. The van der Waals surface area contributed by atoms with E-state index < -0.39 is 0 Å².